The number of carbonyl (C=O) groups is 1. The first kappa shape index (κ1) is 13.0. The number of rotatable bonds is 3. The number of nitrogens with zero attached hydrogens (tertiary/aromatic N) is 1. The van der Waals surface area contributed by atoms with E-state index in [4.69, 9.17) is 5.26 Å². The van der Waals surface area contributed by atoms with Gasteiger partial charge in [-0.25, -0.2) is 0 Å². The van der Waals surface area contributed by atoms with Gasteiger partial charge in [0.1, 0.15) is 0 Å². The SMILES string of the molecule is CC(CC#N)NC(=O)C12CC3CC(CC(C)(C3)C1)C2. The van der Waals surface area contributed by atoms with Gasteiger partial charge in [0.2, 0.25) is 5.91 Å². The van der Waals surface area contributed by atoms with E-state index in [-0.39, 0.29) is 17.4 Å². The van der Waals surface area contributed by atoms with Crippen LogP contribution >= 0.6 is 0 Å². The maximum Gasteiger partial charge on any atom is 0.226 e. The Hall–Kier alpha value is -1.04. The summed E-state index contributed by atoms with van der Waals surface area (Å²) in [4.78, 5) is 12.7. The molecule has 0 aromatic heterocycles. The number of amides is 1. The van der Waals surface area contributed by atoms with Crippen molar-refractivity contribution in [2.75, 3.05) is 0 Å². The van der Waals surface area contributed by atoms with Crippen molar-refractivity contribution in [2.24, 2.45) is 22.7 Å². The van der Waals surface area contributed by atoms with Gasteiger partial charge in [-0.3, -0.25) is 4.79 Å². The zero-order valence-corrected chi connectivity index (χ0v) is 12.0. The lowest BCUT2D eigenvalue weighted by molar-refractivity contribution is -0.155. The molecule has 0 saturated heterocycles. The third-order valence-corrected chi connectivity index (χ3v) is 5.61. The topological polar surface area (TPSA) is 52.9 Å². The van der Waals surface area contributed by atoms with Crippen molar-refractivity contribution in [2.45, 2.75) is 64.8 Å². The van der Waals surface area contributed by atoms with E-state index in [1.165, 1.54) is 19.3 Å². The van der Waals surface area contributed by atoms with Crippen molar-refractivity contribution in [3.05, 3.63) is 0 Å². The van der Waals surface area contributed by atoms with Crippen molar-refractivity contribution in [1.82, 2.24) is 5.32 Å². The Bertz CT molecular complexity index is 423. The number of nitrogens with one attached hydrogen (secondary N) is 1. The van der Waals surface area contributed by atoms with E-state index < -0.39 is 0 Å². The van der Waals surface area contributed by atoms with Crippen LogP contribution in [-0.2, 0) is 4.79 Å². The monoisotopic (exact) mass is 260 g/mol. The van der Waals surface area contributed by atoms with Crippen LogP contribution in [0.1, 0.15) is 58.8 Å². The van der Waals surface area contributed by atoms with Gasteiger partial charge in [-0.15, -0.1) is 0 Å². The maximum absolute atomic E-state index is 12.7. The van der Waals surface area contributed by atoms with E-state index in [2.05, 4.69) is 18.3 Å². The van der Waals surface area contributed by atoms with Crippen molar-refractivity contribution in [3.63, 3.8) is 0 Å². The molecule has 19 heavy (non-hydrogen) atoms. The smallest absolute Gasteiger partial charge is 0.226 e. The normalized spacial score (nSPS) is 44.7. The van der Waals surface area contributed by atoms with Gasteiger partial charge >= 0.3 is 0 Å². The molecule has 0 aliphatic heterocycles. The minimum absolute atomic E-state index is 0.0155. The summed E-state index contributed by atoms with van der Waals surface area (Å²) in [6, 6.07) is 2.12. The summed E-state index contributed by atoms with van der Waals surface area (Å²) < 4.78 is 0. The van der Waals surface area contributed by atoms with Gasteiger partial charge < -0.3 is 5.32 Å². The van der Waals surface area contributed by atoms with E-state index >= 15 is 0 Å². The van der Waals surface area contributed by atoms with Crippen LogP contribution in [0.25, 0.3) is 0 Å². The molecule has 3 nitrogen and oxygen atoms in total. The van der Waals surface area contributed by atoms with Crippen LogP contribution < -0.4 is 5.32 Å². The highest BCUT2D eigenvalue weighted by Gasteiger charge is 2.58. The molecule has 1 amide bonds. The Kier molecular flexibility index (Phi) is 2.89. The summed E-state index contributed by atoms with van der Waals surface area (Å²) in [5.74, 6) is 1.77. The summed E-state index contributed by atoms with van der Waals surface area (Å²) in [5, 5.41) is 11.8. The molecule has 0 aromatic carbocycles. The molecule has 4 saturated carbocycles. The fraction of sp³-hybridized carbons (Fsp3) is 0.875. The average molecular weight is 260 g/mol. The second-order valence-corrected chi connectivity index (χ2v) is 7.79. The molecule has 0 heterocycles. The summed E-state index contributed by atoms with van der Waals surface area (Å²) >= 11 is 0. The average Bonchev–Trinajstić information content (AvgIpc) is 2.25. The predicted octanol–water partition coefficient (Wildman–Crippen LogP) is 3.01. The fourth-order valence-electron chi connectivity index (χ4n) is 5.55. The van der Waals surface area contributed by atoms with Crippen LogP contribution in [-0.4, -0.2) is 11.9 Å². The molecule has 3 atom stereocenters. The first-order chi connectivity index (χ1) is 8.95. The Morgan fingerprint density at radius 2 is 2.00 bits per heavy atom. The molecule has 104 valence electrons. The van der Waals surface area contributed by atoms with E-state index in [0.717, 1.165) is 31.1 Å². The van der Waals surface area contributed by atoms with Crippen molar-refractivity contribution >= 4 is 5.91 Å². The molecule has 3 heteroatoms. The van der Waals surface area contributed by atoms with Crippen LogP contribution in [0, 0.1) is 34.0 Å². The van der Waals surface area contributed by atoms with Gasteiger partial charge in [-0.2, -0.15) is 5.26 Å². The molecular weight excluding hydrogens is 236 g/mol. The standard InChI is InChI=1S/C16H24N2O/c1-11(3-4-17)18-14(19)16-8-12-5-13(9-16)7-15(2,6-12)10-16/h11-13H,3,5-10H2,1-2H3,(H,18,19). The minimum atomic E-state index is -0.109. The van der Waals surface area contributed by atoms with Gasteiger partial charge in [-0.1, -0.05) is 6.92 Å². The highest BCUT2D eigenvalue weighted by Crippen LogP contribution is 2.65. The highest BCUT2D eigenvalue weighted by atomic mass is 16.2. The molecular formula is C16H24N2O. The fourth-order valence-corrected chi connectivity index (χ4v) is 5.55. The van der Waals surface area contributed by atoms with Crippen molar-refractivity contribution < 1.29 is 4.79 Å². The molecule has 0 radical (unpaired) electrons. The van der Waals surface area contributed by atoms with Crippen LogP contribution in [0.2, 0.25) is 0 Å². The van der Waals surface area contributed by atoms with Crippen LogP contribution in [0.15, 0.2) is 0 Å². The minimum Gasteiger partial charge on any atom is -0.352 e. The predicted molar refractivity (Wildman–Crippen MR) is 73.1 cm³/mol. The molecule has 4 fully saturated rings. The summed E-state index contributed by atoms with van der Waals surface area (Å²) in [6.07, 6.45) is 7.65. The number of hydrogen-bond acceptors (Lipinski definition) is 2. The Morgan fingerprint density at radius 3 is 2.53 bits per heavy atom. The lowest BCUT2D eigenvalue weighted by Gasteiger charge is -2.60. The van der Waals surface area contributed by atoms with Gasteiger partial charge in [0, 0.05) is 6.04 Å². The molecule has 4 rings (SSSR count). The van der Waals surface area contributed by atoms with Crippen molar-refractivity contribution in [1.29, 1.82) is 5.26 Å². The number of nitriles is 1. The third-order valence-electron chi connectivity index (χ3n) is 5.61. The second kappa shape index (κ2) is 4.23. The van der Waals surface area contributed by atoms with Crippen LogP contribution in [0.3, 0.4) is 0 Å². The van der Waals surface area contributed by atoms with Crippen LogP contribution in [0.5, 0.6) is 0 Å². The summed E-state index contributed by atoms with van der Waals surface area (Å²) in [7, 11) is 0. The molecule has 0 aromatic rings. The quantitative estimate of drug-likeness (QED) is 0.848. The zero-order chi connectivity index (χ0) is 13.7. The Labute approximate surface area is 115 Å². The van der Waals surface area contributed by atoms with Gasteiger partial charge in [-0.05, 0) is 62.7 Å². The number of hydrogen-bond donors (Lipinski definition) is 1. The van der Waals surface area contributed by atoms with Gasteiger partial charge in [0.25, 0.3) is 0 Å². The van der Waals surface area contributed by atoms with E-state index in [1.807, 2.05) is 6.92 Å². The van der Waals surface area contributed by atoms with E-state index in [0.29, 0.717) is 11.8 Å². The Morgan fingerprint density at radius 1 is 1.37 bits per heavy atom. The molecule has 3 unspecified atom stereocenters. The summed E-state index contributed by atoms with van der Waals surface area (Å²) in [6.45, 7) is 4.31. The molecule has 4 bridgehead atoms. The van der Waals surface area contributed by atoms with Crippen molar-refractivity contribution in [3.8, 4) is 6.07 Å². The number of carbonyl (C=O) groups excluding carboxylic acids is 1. The molecule has 0 spiro atoms. The first-order valence-corrected chi connectivity index (χ1v) is 7.63. The lowest BCUT2D eigenvalue weighted by atomic mass is 9.44. The van der Waals surface area contributed by atoms with E-state index in [1.54, 1.807) is 0 Å². The molecule has 4 aliphatic carbocycles. The summed E-state index contributed by atoms with van der Waals surface area (Å²) in [5.41, 5.74) is 0.294. The highest BCUT2D eigenvalue weighted by molar-refractivity contribution is 5.83. The first-order valence-electron chi connectivity index (χ1n) is 7.63. The maximum atomic E-state index is 12.7. The third kappa shape index (κ3) is 2.16. The second-order valence-electron chi connectivity index (χ2n) is 7.79. The largest absolute Gasteiger partial charge is 0.352 e. The molecule has 1 N–H and O–H groups in total. The molecule has 4 aliphatic rings. The van der Waals surface area contributed by atoms with Crippen LogP contribution in [0.4, 0.5) is 0 Å². The van der Waals surface area contributed by atoms with Gasteiger partial charge in [0.15, 0.2) is 0 Å². The van der Waals surface area contributed by atoms with E-state index in [9.17, 15) is 4.79 Å². The zero-order valence-electron chi connectivity index (χ0n) is 12.0. The Balaban J connectivity index is 1.76. The lowest BCUT2D eigenvalue weighted by Crippen LogP contribution is -2.57. The van der Waals surface area contributed by atoms with Gasteiger partial charge in [0.05, 0.1) is 17.9 Å².